The molecule has 0 bridgehead atoms. The molecule has 1 aromatic rings. The van der Waals surface area contributed by atoms with Gasteiger partial charge in [-0.05, 0) is 13.0 Å². The molecule has 23 heavy (non-hydrogen) atoms. The van der Waals surface area contributed by atoms with Gasteiger partial charge in [0.15, 0.2) is 0 Å². The summed E-state index contributed by atoms with van der Waals surface area (Å²) in [6.07, 6.45) is -2.33. The van der Waals surface area contributed by atoms with Gasteiger partial charge in [-0.15, -0.1) is 0 Å². The Morgan fingerprint density at radius 1 is 1.26 bits per heavy atom. The number of nitrogens with zero attached hydrogens (tertiary/aromatic N) is 2. The largest absolute Gasteiger partial charge is 0.494 e. The van der Waals surface area contributed by atoms with Gasteiger partial charge in [-0.2, -0.15) is 0 Å². The molecule has 0 spiro atoms. The van der Waals surface area contributed by atoms with Gasteiger partial charge in [0.2, 0.25) is 0 Å². The molecule has 1 aliphatic rings. The number of alkyl halides is 2. The third-order valence-electron chi connectivity index (χ3n) is 3.76. The average Bonchev–Trinajstić information content (AvgIpc) is 2.54. The van der Waals surface area contributed by atoms with Gasteiger partial charge in [-0.1, -0.05) is 18.2 Å². The summed E-state index contributed by atoms with van der Waals surface area (Å²) in [4.78, 5) is 15.5. The van der Waals surface area contributed by atoms with Crippen molar-refractivity contribution in [2.75, 3.05) is 39.3 Å². The minimum atomic E-state index is -2.33. The highest BCUT2D eigenvalue weighted by Crippen LogP contribution is 2.17. The first-order chi connectivity index (χ1) is 11.1. The Labute approximate surface area is 135 Å². The summed E-state index contributed by atoms with van der Waals surface area (Å²) in [5, 5.41) is 2.86. The fourth-order valence-electron chi connectivity index (χ4n) is 2.56. The highest BCUT2D eigenvalue weighted by molar-refractivity contribution is 5.74. The Morgan fingerprint density at radius 2 is 1.96 bits per heavy atom. The van der Waals surface area contributed by atoms with E-state index in [9.17, 15) is 13.6 Å². The lowest BCUT2D eigenvalue weighted by atomic mass is 10.2. The van der Waals surface area contributed by atoms with Crippen molar-refractivity contribution in [2.24, 2.45) is 0 Å². The van der Waals surface area contributed by atoms with E-state index < -0.39 is 6.43 Å². The molecule has 0 unspecified atom stereocenters. The van der Waals surface area contributed by atoms with Gasteiger partial charge in [-0.3, -0.25) is 4.90 Å². The molecule has 1 heterocycles. The van der Waals surface area contributed by atoms with Gasteiger partial charge in [0.05, 0.1) is 13.2 Å². The number of amides is 2. The molecular weight excluding hydrogens is 304 g/mol. The van der Waals surface area contributed by atoms with Crippen LogP contribution in [0.4, 0.5) is 13.6 Å². The molecular formula is C16H23F2N3O2. The molecule has 1 aliphatic heterocycles. The van der Waals surface area contributed by atoms with Gasteiger partial charge in [0.1, 0.15) is 5.75 Å². The van der Waals surface area contributed by atoms with Crippen molar-refractivity contribution in [3.05, 3.63) is 29.8 Å². The number of hydrogen-bond acceptors (Lipinski definition) is 3. The molecule has 1 saturated heterocycles. The first-order valence-corrected chi connectivity index (χ1v) is 7.84. The van der Waals surface area contributed by atoms with Gasteiger partial charge >= 0.3 is 6.03 Å². The van der Waals surface area contributed by atoms with Crippen molar-refractivity contribution < 1.29 is 18.3 Å². The van der Waals surface area contributed by atoms with E-state index in [4.69, 9.17) is 4.74 Å². The lowest BCUT2D eigenvalue weighted by Crippen LogP contribution is -2.52. The maximum atomic E-state index is 12.3. The number of para-hydroxylation sites is 1. The van der Waals surface area contributed by atoms with Crippen molar-refractivity contribution >= 4 is 6.03 Å². The molecule has 1 N–H and O–H groups in total. The van der Waals surface area contributed by atoms with E-state index in [-0.39, 0.29) is 12.6 Å². The van der Waals surface area contributed by atoms with Gasteiger partial charge < -0.3 is 15.0 Å². The number of halogens is 2. The molecule has 7 heteroatoms. The van der Waals surface area contributed by atoms with Crippen LogP contribution in [0.5, 0.6) is 5.75 Å². The fourth-order valence-corrected chi connectivity index (χ4v) is 2.56. The number of benzene rings is 1. The maximum absolute atomic E-state index is 12.3. The summed E-state index contributed by atoms with van der Waals surface area (Å²) in [6.45, 7) is 4.52. The molecule has 1 aromatic carbocycles. The predicted molar refractivity (Wildman–Crippen MR) is 83.9 cm³/mol. The molecule has 0 saturated carbocycles. The number of rotatable bonds is 6. The van der Waals surface area contributed by atoms with Crippen LogP contribution in [0, 0.1) is 0 Å². The zero-order valence-electron chi connectivity index (χ0n) is 13.3. The Hall–Kier alpha value is -1.89. The lowest BCUT2D eigenvalue weighted by molar-refractivity contribution is 0.0636. The molecule has 2 rings (SSSR count). The molecule has 0 atom stereocenters. The molecule has 2 amide bonds. The summed E-state index contributed by atoms with van der Waals surface area (Å²) >= 11 is 0. The monoisotopic (exact) mass is 327 g/mol. The highest BCUT2D eigenvalue weighted by atomic mass is 19.3. The van der Waals surface area contributed by atoms with Crippen molar-refractivity contribution in [3.8, 4) is 5.75 Å². The number of carbonyl (C=O) groups excluding carboxylic acids is 1. The normalized spacial score (nSPS) is 15.7. The number of carbonyl (C=O) groups is 1. The van der Waals surface area contributed by atoms with Crippen LogP contribution in [0.2, 0.25) is 0 Å². The smallest absolute Gasteiger partial charge is 0.317 e. The Kier molecular flexibility index (Phi) is 6.58. The van der Waals surface area contributed by atoms with Gasteiger partial charge in [0.25, 0.3) is 6.43 Å². The van der Waals surface area contributed by atoms with Crippen LogP contribution in [0.25, 0.3) is 0 Å². The first kappa shape index (κ1) is 17.5. The lowest BCUT2D eigenvalue weighted by Gasteiger charge is -2.34. The molecule has 1 fully saturated rings. The van der Waals surface area contributed by atoms with E-state index in [0.717, 1.165) is 11.3 Å². The van der Waals surface area contributed by atoms with E-state index in [2.05, 4.69) is 5.32 Å². The first-order valence-electron chi connectivity index (χ1n) is 7.84. The topological polar surface area (TPSA) is 44.8 Å². The van der Waals surface area contributed by atoms with Crippen molar-refractivity contribution in [3.63, 3.8) is 0 Å². The highest BCUT2D eigenvalue weighted by Gasteiger charge is 2.22. The molecule has 0 aliphatic carbocycles. The van der Waals surface area contributed by atoms with E-state index >= 15 is 0 Å². The second-order valence-electron chi connectivity index (χ2n) is 5.38. The fraction of sp³-hybridized carbons (Fsp3) is 0.562. The molecule has 0 radical (unpaired) electrons. The molecule has 5 nitrogen and oxygen atoms in total. The minimum absolute atomic E-state index is 0.173. The molecule has 0 aromatic heterocycles. The zero-order chi connectivity index (χ0) is 16.7. The number of hydrogen-bond donors (Lipinski definition) is 1. The Balaban J connectivity index is 1.80. The number of nitrogens with one attached hydrogen (secondary N) is 1. The average molecular weight is 327 g/mol. The van der Waals surface area contributed by atoms with E-state index in [1.165, 1.54) is 0 Å². The van der Waals surface area contributed by atoms with Crippen molar-refractivity contribution in [2.45, 2.75) is 19.9 Å². The summed E-state index contributed by atoms with van der Waals surface area (Å²) in [7, 11) is 0. The van der Waals surface area contributed by atoms with E-state index in [1.54, 1.807) is 9.80 Å². The van der Waals surface area contributed by atoms with Crippen LogP contribution >= 0.6 is 0 Å². The number of piperazine rings is 1. The van der Waals surface area contributed by atoms with Crippen LogP contribution in [0.1, 0.15) is 12.5 Å². The van der Waals surface area contributed by atoms with E-state index in [0.29, 0.717) is 39.3 Å². The summed E-state index contributed by atoms with van der Waals surface area (Å²) in [6, 6.07) is 7.39. The third kappa shape index (κ3) is 5.35. The predicted octanol–water partition coefficient (Wildman–Crippen LogP) is 2.18. The number of urea groups is 1. The van der Waals surface area contributed by atoms with Crippen LogP contribution in [0.15, 0.2) is 24.3 Å². The molecule has 128 valence electrons. The second-order valence-corrected chi connectivity index (χ2v) is 5.38. The summed E-state index contributed by atoms with van der Waals surface area (Å²) < 4.78 is 30.2. The van der Waals surface area contributed by atoms with Crippen LogP contribution in [-0.2, 0) is 6.54 Å². The number of ether oxygens (including phenoxy) is 1. The second kappa shape index (κ2) is 8.67. The SMILES string of the molecule is CCOc1ccccc1CNC(=O)N1CCN(CC(F)F)CC1. The standard InChI is InChI=1S/C16H23F2N3O2/c1-2-23-14-6-4-3-5-13(14)11-19-16(22)21-9-7-20(8-10-21)12-15(17)18/h3-6,15H,2,7-12H2,1H3,(H,19,22). The van der Waals surface area contributed by atoms with Gasteiger partial charge in [-0.25, -0.2) is 13.6 Å². The third-order valence-corrected chi connectivity index (χ3v) is 3.76. The van der Waals surface area contributed by atoms with Crippen molar-refractivity contribution in [1.29, 1.82) is 0 Å². The van der Waals surface area contributed by atoms with E-state index in [1.807, 2.05) is 31.2 Å². The van der Waals surface area contributed by atoms with Crippen molar-refractivity contribution in [1.82, 2.24) is 15.1 Å². The Morgan fingerprint density at radius 3 is 2.61 bits per heavy atom. The Bertz CT molecular complexity index is 506. The summed E-state index contributed by atoms with van der Waals surface area (Å²) in [5.74, 6) is 0.761. The summed E-state index contributed by atoms with van der Waals surface area (Å²) in [5.41, 5.74) is 0.916. The minimum Gasteiger partial charge on any atom is -0.494 e. The van der Waals surface area contributed by atoms with Crippen LogP contribution in [0.3, 0.4) is 0 Å². The zero-order valence-corrected chi connectivity index (χ0v) is 13.3. The van der Waals surface area contributed by atoms with Crippen LogP contribution in [-0.4, -0.2) is 61.6 Å². The van der Waals surface area contributed by atoms with Gasteiger partial charge in [0, 0.05) is 38.3 Å². The van der Waals surface area contributed by atoms with Crippen LogP contribution < -0.4 is 10.1 Å². The maximum Gasteiger partial charge on any atom is 0.317 e. The quantitative estimate of drug-likeness (QED) is 0.871.